The highest BCUT2D eigenvalue weighted by Crippen LogP contribution is 2.37. The van der Waals surface area contributed by atoms with Crippen LogP contribution in [0.15, 0.2) is 35.4 Å². The number of aromatic carboxylic acids is 1. The molecule has 0 unspecified atom stereocenters. The van der Waals surface area contributed by atoms with Crippen LogP contribution in [-0.4, -0.2) is 23.6 Å². The first-order valence-electron chi connectivity index (χ1n) is 7.92. The third-order valence-electron chi connectivity index (χ3n) is 4.37. The van der Waals surface area contributed by atoms with Crippen molar-refractivity contribution in [1.29, 1.82) is 0 Å². The summed E-state index contributed by atoms with van der Waals surface area (Å²) in [6, 6.07) is 6.17. The van der Waals surface area contributed by atoms with Gasteiger partial charge in [-0.2, -0.15) is 5.10 Å². The highest BCUT2D eigenvalue weighted by Gasteiger charge is 2.28. The van der Waals surface area contributed by atoms with Crippen molar-refractivity contribution in [3.8, 4) is 11.5 Å². The van der Waals surface area contributed by atoms with Crippen LogP contribution in [0.3, 0.4) is 0 Å². The summed E-state index contributed by atoms with van der Waals surface area (Å²) in [5.74, 6) is -1.33. The van der Waals surface area contributed by atoms with Crippen molar-refractivity contribution in [2.24, 2.45) is 5.10 Å². The Labute approximate surface area is 147 Å². The number of halogens is 1. The highest BCUT2D eigenvalue weighted by atomic mass is 19.1. The number of carbonyl (C=O) groups excluding carboxylic acids is 1. The first-order chi connectivity index (χ1) is 12.5. The number of hydrogen-bond acceptors (Lipinski definition) is 7. The summed E-state index contributed by atoms with van der Waals surface area (Å²) in [6.07, 6.45) is 0.324. The number of hydrogen-bond donors (Lipinski definition) is 2. The number of benzene rings is 2. The molecule has 0 fully saturated rings. The molecule has 134 valence electrons. The number of carboxylic acids is 1. The van der Waals surface area contributed by atoms with Crippen LogP contribution in [0.5, 0.6) is 11.5 Å². The Hall–Kier alpha value is -3.13. The first kappa shape index (κ1) is 16.3. The zero-order chi connectivity index (χ0) is 18.3. The largest absolute Gasteiger partial charge is 0.545 e. The van der Waals surface area contributed by atoms with Gasteiger partial charge in [0.05, 0.1) is 24.3 Å². The van der Waals surface area contributed by atoms with Crippen molar-refractivity contribution in [1.82, 2.24) is 5.43 Å². The molecule has 0 aliphatic carbocycles. The van der Waals surface area contributed by atoms with Crippen LogP contribution < -0.4 is 15.3 Å². The number of fused-ring (bicyclic) bond motifs is 1. The van der Waals surface area contributed by atoms with Crippen molar-refractivity contribution in [2.45, 2.75) is 19.1 Å². The summed E-state index contributed by atoms with van der Waals surface area (Å²) >= 11 is 0. The maximum absolute atomic E-state index is 13.5. The Balaban J connectivity index is 1.68. The molecule has 0 radical (unpaired) electrons. The maximum Gasteiger partial charge on any atom is 0.189 e. The number of nitrogens with zero attached hydrogens (tertiary/aromatic N) is 1. The van der Waals surface area contributed by atoms with E-state index in [0.717, 1.165) is 6.07 Å². The second-order valence-electron chi connectivity index (χ2n) is 6.06. The van der Waals surface area contributed by atoms with Gasteiger partial charge in [0.1, 0.15) is 17.3 Å². The number of ether oxygens (including phenoxy) is 2. The fourth-order valence-corrected chi connectivity index (χ4v) is 3.16. The van der Waals surface area contributed by atoms with Gasteiger partial charge in [0, 0.05) is 23.1 Å². The van der Waals surface area contributed by atoms with Crippen molar-refractivity contribution >= 4 is 11.7 Å². The Morgan fingerprint density at radius 3 is 3.00 bits per heavy atom. The standard InChI is InChI=1S/C18H15FN2O5/c19-11-1-2-16(22)12(5-11)14-6-15(21-20-14)13-4-9(18(23)24)3-10-7-25-8-26-17(10)13/h1-5,15,21-22H,6-8H2,(H,23,24)/p-1/t15-/m1/s1. The Kier molecular flexibility index (Phi) is 3.96. The molecule has 2 N–H and O–H groups in total. The second kappa shape index (κ2) is 6.30. The van der Waals surface area contributed by atoms with Crippen LogP contribution in [-0.2, 0) is 11.3 Å². The average Bonchev–Trinajstić information content (AvgIpc) is 3.12. The van der Waals surface area contributed by atoms with Crippen molar-refractivity contribution in [3.63, 3.8) is 0 Å². The molecule has 0 bridgehead atoms. The minimum atomic E-state index is -1.30. The Bertz CT molecular complexity index is 928. The Morgan fingerprint density at radius 1 is 1.35 bits per heavy atom. The van der Waals surface area contributed by atoms with Crippen LogP contribution in [0.4, 0.5) is 4.39 Å². The summed E-state index contributed by atoms with van der Waals surface area (Å²) in [6.45, 7) is 0.296. The van der Waals surface area contributed by atoms with Gasteiger partial charge in [-0.3, -0.25) is 0 Å². The maximum atomic E-state index is 13.5. The predicted octanol–water partition coefficient (Wildman–Crippen LogP) is 1.20. The SMILES string of the molecule is O=C([O-])c1cc2c(c([C@H]3CC(c4cc(F)ccc4O)=NN3)c1)OCOC2. The minimum absolute atomic E-state index is 0.0108. The molecule has 0 saturated carbocycles. The lowest BCUT2D eigenvalue weighted by Gasteiger charge is -2.24. The van der Waals surface area contributed by atoms with E-state index in [4.69, 9.17) is 9.47 Å². The molecule has 4 rings (SSSR count). The molecule has 1 atom stereocenters. The van der Waals surface area contributed by atoms with Crippen LogP contribution in [0.1, 0.15) is 39.5 Å². The van der Waals surface area contributed by atoms with E-state index < -0.39 is 11.8 Å². The fraction of sp³-hybridized carbons (Fsp3) is 0.222. The summed E-state index contributed by atoms with van der Waals surface area (Å²) in [5, 5.41) is 25.4. The van der Waals surface area contributed by atoms with Gasteiger partial charge in [-0.05, 0) is 35.9 Å². The number of nitrogens with one attached hydrogen (secondary N) is 1. The molecule has 26 heavy (non-hydrogen) atoms. The third-order valence-corrected chi connectivity index (χ3v) is 4.37. The van der Waals surface area contributed by atoms with Crippen LogP contribution in [0.25, 0.3) is 0 Å². The van der Waals surface area contributed by atoms with Crippen LogP contribution >= 0.6 is 0 Å². The molecule has 7 nitrogen and oxygen atoms in total. The van der Waals surface area contributed by atoms with E-state index in [0.29, 0.717) is 29.0 Å². The van der Waals surface area contributed by atoms with Gasteiger partial charge >= 0.3 is 0 Å². The molecule has 0 aromatic heterocycles. The third kappa shape index (κ3) is 2.84. The monoisotopic (exact) mass is 357 g/mol. The fourth-order valence-electron chi connectivity index (χ4n) is 3.16. The number of carboxylic acid groups (broad SMARTS) is 1. The van der Waals surface area contributed by atoms with E-state index >= 15 is 0 Å². The van der Waals surface area contributed by atoms with E-state index in [2.05, 4.69) is 10.5 Å². The molecular formula is C18H14FN2O5-. The zero-order valence-electron chi connectivity index (χ0n) is 13.5. The number of rotatable bonds is 3. The van der Waals surface area contributed by atoms with E-state index in [9.17, 15) is 19.4 Å². The van der Waals surface area contributed by atoms with Gasteiger partial charge < -0.3 is 29.9 Å². The summed E-state index contributed by atoms with van der Waals surface area (Å²) in [5.41, 5.74) is 4.87. The van der Waals surface area contributed by atoms with Gasteiger partial charge in [0.25, 0.3) is 0 Å². The lowest BCUT2D eigenvalue weighted by molar-refractivity contribution is -0.255. The zero-order valence-corrected chi connectivity index (χ0v) is 13.5. The second-order valence-corrected chi connectivity index (χ2v) is 6.06. The number of hydrazone groups is 1. The molecule has 0 amide bonds. The Morgan fingerprint density at radius 2 is 2.19 bits per heavy atom. The van der Waals surface area contributed by atoms with Gasteiger partial charge in [-0.15, -0.1) is 0 Å². The molecule has 8 heteroatoms. The summed E-state index contributed by atoms with van der Waals surface area (Å²) < 4.78 is 24.3. The van der Waals surface area contributed by atoms with Crippen molar-refractivity contribution < 1.29 is 28.9 Å². The van der Waals surface area contributed by atoms with Crippen molar-refractivity contribution in [2.75, 3.05) is 6.79 Å². The molecule has 2 aromatic rings. The highest BCUT2D eigenvalue weighted by molar-refractivity contribution is 6.04. The van der Waals surface area contributed by atoms with Gasteiger partial charge in [0.2, 0.25) is 0 Å². The van der Waals surface area contributed by atoms with Gasteiger partial charge in [0.15, 0.2) is 6.79 Å². The quantitative estimate of drug-likeness (QED) is 0.856. The molecule has 0 spiro atoms. The molecule has 2 aliphatic heterocycles. The summed E-state index contributed by atoms with van der Waals surface area (Å²) in [7, 11) is 0. The average molecular weight is 357 g/mol. The molecule has 2 heterocycles. The number of aromatic hydroxyl groups is 1. The van der Waals surface area contributed by atoms with E-state index in [1.807, 2.05) is 0 Å². The van der Waals surface area contributed by atoms with E-state index in [-0.39, 0.29) is 36.3 Å². The van der Waals surface area contributed by atoms with E-state index in [1.54, 1.807) is 0 Å². The van der Waals surface area contributed by atoms with Gasteiger partial charge in [-0.1, -0.05) is 0 Å². The van der Waals surface area contributed by atoms with Gasteiger partial charge in [-0.25, -0.2) is 4.39 Å². The molecular weight excluding hydrogens is 343 g/mol. The van der Waals surface area contributed by atoms with Crippen LogP contribution in [0.2, 0.25) is 0 Å². The topological polar surface area (TPSA) is 103 Å². The smallest absolute Gasteiger partial charge is 0.189 e. The minimum Gasteiger partial charge on any atom is -0.545 e. The molecule has 2 aromatic carbocycles. The normalized spacial score (nSPS) is 18.5. The number of phenols is 1. The van der Waals surface area contributed by atoms with E-state index in [1.165, 1.54) is 24.3 Å². The molecule has 0 saturated heterocycles. The first-order valence-corrected chi connectivity index (χ1v) is 7.92. The lowest BCUT2D eigenvalue weighted by atomic mass is 9.94. The molecule has 2 aliphatic rings. The van der Waals surface area contributed by atoms with Crippen molar-refractivity contribution in [3.05, 3.63) is 58.4 Å². The summed E-state index contributed by atoms with van der Waals surface area (Å²) in [4.78, 5) is 11.3. The number of carbonyl (C=O) groups is 1. The predicted molar refractivity (Wildman–Crippen MR) is 86.2 cm³/mol. The van der Waals surface area contributed by atoms with Crippen LogP contribution in [0, 0.1) is 5.82 Å². The lowest BCUT2D eigenvalue weighted by Crippen LogP contribution is -2.25. The number of phenolic OH excluding ortho intramolecular Hbond substituents is 1.